The summed E-state index contributed by atoms with van der Waals surface area (Å²) in [4.78, 5) is 2.17. The number of nitrogens with one attached hydrogen (secondary N) is 1. The Labute approximate surface area is 82.7 Å². The van der Waals surface area contributed by atoms with Crippen LogP contribution in [-0.4, -0.2) is 24.3 Å². The van der Waals surface area contributed by atoms with E-state index in [1.54, 1.807) is 11.3 Å². The molecule has 0 unspecified atom stereocenters. The van der Waals surface area contributed by atoms with Crippen molar-refractivity contribution in [1.29, 1.82) is 5.41 Å². The van der Waals surface area contributed by atoms with Crippen LogP contribution in [0.25, 0.3) is 0 Å². The van der Waals surface area contributed by atoms with Gasteiger partial charge in [-0.15, -0.1) is 0 Å². The molecule has 0 amide bonds. The Morgan fingerprint density at radius 2 is 2.46 bits per heavy atom. The van der Waals surface area contributed by atoms with E-state index in [0.29, 0.717) is 6.42 Å². The molecule has 1 heterocycles. The first-order chi connectivity index (χ1) is 6.18. The van der Waals surface area contributed by atoms with Crippen molar-refractivity contribution < 1.29 is 0 Å². The fourth-order valence-corrected chi connectivity index (χ4v) is 1.74. The van der Waals surface area contributed by atoms with E-state index in [1.807, 2.05) is 7.05 Å². The first-order valence-corrected chi connectivity index (χ1v) is 5.15. The SMILES string of the molecule is CN(CCC(=N)N)Cc1ccsc1. The van der Waals surface area contributed by atoms with E-state index >= 15 is 0 Å². The molecule has 0 saturated heterocycles. The molecule has 3 N–H and O–H groups in total. The lowest BCUT2D eigenvalue weighted by Crippen LogP contribution is -2.23. The zero-order valence-corrected chi connectivity index (χ0v) is 8.60. The predicted molar refractivity (Wildman–Crippen MR) is 57.2 cm³/mol. The van der Waals surface area contributed by atoms with Crippen molar-refractivity contribution in [2.24, 2.45) is 5.73 Å². The molecule has 0 aliphatic carbocycles. The smallest absolute Gasteiger partial charge is 0.0918 e. The standard InChI is InChI=1S/C9H15N3S/c1-12(4-2-9(10)11)6-8-3-5-13-7-8/h3,5,7H,2,4,6H2,1H3,(H3,10,11). The number of nitrogens with zero attached hydrogens (tertiary/aromatic N) is 1. The van der Waals surface area contributed by atoms with Crippen molar-refractivity contribution in [3.63, 3.8) is 0 Å². The summed E-state index contributed by atoms with van der Waals surface area (Å²) < 4.78 is 0. The molecular weight excluding hydrogens is 182 g/mol. The summed E-state index contributed by atoms with van der Waals surface area (Å²) in [5.74, 6) is 0.261. The van der Waals surface area contributed by atoms with Crippen LogP contribution in [0.5, 0.6) is 0 Å². The maximum atomic E-state index is 7.09. The average Bonchev–Trinajstić information content (AvgIpc) is 2.53. The van der Waals surface area contributed by atoms with E-state index in [2.05, 4.69) is 21.7 Å². The third-order valence-electron chi connectivity index (χ3n) is 1.80. The molecule has 0 bridgehead atoms. The van der Waals surface area contributed by atoms with Gasteiger partial charge in [-0.2, -0.15) is 11.3 Å². The Hall–Kier alpha value is -0.870. The minimum absolute atomic E-state index is 0.261. The summed E-state index contributed by atoms with van der Waals surface area (Å²) in [5.41, 5.74) is 6.60. The minimum atomic E-state index is 0.261. The van der Waals surface area contributed by atoms with Gasteiger partial charge in [0.2, 0.25) is 0 Å². The van der Waals surface area contributed by atoms with E-state index in [-0.39, 0.29) is 5.84 Å². The Morgan fingerprint density at radius 1 is 1.69 bits per heavy atom. The van der Waals surface area contributed by atoms with Gasteiger partial charge in [0.05, 0.1) is 5.84 Å². The summed E-state index contributed by atoms with van der Waals surface area (Å²) >= 11 is 1.71. The van der Waals surface area contributed by atoms with Gasteiger partial charge in [0, 0.05) is 19.5 Å². The lowest BCUT2D eigenvalue weighted by atomic mass is 10.3. The quantitative estimate of drug-likeness (QED) is 0.555. The summed E-state index contributed by atoms with van der Waals surface area (Å²) in [6.07, 6.45) is 0.653. The number of rotatable bonds is 5. The second-order valence-corrected chi connectivity index (χ2v) is 3.92. The fourth-order valence-electron chi connectivity index (χ4n) is 1.08. The predicted octanol–water partition coefficient (Wildman–Crippen LogP) is 1.51. The summed E-state index contributed by atoms with van der Waals surface area (Å²) in [6, 6.07) is 2.12. The molecule has 0 fully saturated rings. The molecule has 72 valence electrons. The van der Waals surface area contributed by atoms with Gasteiger partial charge in [0.25, 0.3) is 0 Å². The topological polar surface area (TPSA) is 53.1 Å². The van der Waals surface area contributed by atoms with Gasteiger partial charge in [-0.05, 0) is 29.4 Å². The normalized spacial score (nSPS) is 10.6. The van der Waals surface area contributed by atoms with Crippen molar-refractivity contribution >= 4 is 17.2 Å². The van der Waals surface area contributed by atoms with Crippen LogP contribution in [0.15, 0.2) is 16.8 Å². The van der Waals surface area contributed by atoms with Gasteiger partial charge >= 0.3 is 0 Å². The van der Waals surface area contributed by atoms with Gasteiger partial charge in [-0.3, -0.25) is 5.41 Å². The Balaban J connectivity index is 2.25. The lowest BCUT2D eigenvalue weighted by Gasteiger charge is -2.14. The highest BCUT2D eigenvalue weighted by Gasteiger charge is 2.00. The molecule has 0 aliphatic heterocycles. The molecule has 3 nitrogen and oxygen atoms in total. The third-order valence-corrected chi connectivity index (χ3v) is 2.53. The Kier molecular flexibility index (Phi) is 3.92. The van der Waals surface area contributed by atoms with Crippen LogP contribution in [0.4, 0.5) is 0 Å². The van der Waals surface area contributed by atoms with Crippen molar-refractivity contribution in [2.45, 2.75) is 13.0 Å². The highest BCUT2D eigenvalue weighted by molar-refractivity contribution is 7.07. The second kappa shape index (κ2) is 4.99. The zero-order valence-electron chi connectivity index (χ0n) is 7.79. The fraction of sp³-hybridized carbons (Fsp3) is 0.444. The van der Waals surface area contributed by atoms with Crippen LogP contribution < -0.4 is 5.73 Å². The summed E-state index contributed by atoms with van der Waals surface area (Å²) in [5, 5.41) is 11.3. The number of hydrogen-bond donors (Lipinski definition) is 2. The molecular formula is C9H15N3S. The van der Waals surface area contributed by atoms with Crippen LogP contribution in [0, 0.1) is 5.41 Å². The molecule has 0 radical (unpaired) electrons. The van der Waals surface area contributed by atoms with Crippen LogP contribution in [0.2, 0.25) is 0 Å². The molecule has 1 aromatic rings. The molecule has 1 aromatic heterocycles. The van der Waals surface area contributed by atoms with Crippen LogP contribution in [-0.2, 0) is 6.54 Å². The van der Waals surface area contributed by atoms with Crippen molar-refractivity contribution in [3.8, 4) is 0 Å². The zero-order chi connectivity index (χ0) is 9.68. The molecule has 13 heavy (non-hydrogen) atoms. The van der Waals surface area contributed by atoms with Gasteiger partial charge in [-0.1, -0.05) is 0 Å². The first-order valence-electron chi connectivity index (χ1n) is 4.21. The molecule has 0 spiro atoms. The van der Waals surface area contributed by atoms with Crippen LogP contribution in [0.3, 0.4) is 0 Å². The highest BCUT2D eigenvalue weighted by atomic mass is 32.1. The van der Waals surface area contributed by atoms with Crippen molar-refractivity contribution in [1.82, 2.24) is 4.90 Å². The maximum absolute atomic E-state index is 7.09. The maximum Gasteiger partial charge on any atom is 0.0918 e. The Bertz CT molecular complexity index is 256. The molecule has 0 aromatic carbocycles. The first kappa shape index (κ1) is 10.2. The van der Waals surface area contributed by atoms with E-state index in [1.165, 1.54) is 5.56 Å². The van der Waals surface area contributed by atoms with Crippen LogP contribution >= 0.6 is 11.3 Å². The van der Waals surface area contributed by atoms with Crippen molar-refractivity contribution in [3.05, 3.63) is 22.4 Å². The third kappa shape index (κ3) is 4.05. The highest BCUT2D eigenvalue weighted by Crippen LogP contribution is 2.08. The number of nitrogens with two attached hydrogens (primary N) is 1. The van der Waals surface area contributed by atoms with E-state index in [9.17, 15) is 0 Å². The van der Waals surface area contributed by atoms with E-state index in [4.69, 9.17) is 11.1 Å². The minimum Gasteiger partial charge on any atom is -0.388 e. The second-order valence-electron chi connectivity index (χ2n) is 3.14. The average molecular weight is 197 g/mol. The largest absolute Gasteiger partial charge is 0.388 e. The van der Waals surface area contributed by atoms with Gasteiger partial charge in [-0.25, -0.2) is 0 Å². The van der Waals surface area contributed by atoms with Crippen molar-refractivity contribution in [2.75, 3.05) is 13.6 Å². The number of amidine groups is 1. The molecule has 0 saturated carbocycles. The van der Waals surface area contributed by atoms with Crippen LogP contribution in [0.1, 0.15) is 12.0 Å². The molecule has 0 atom stereocenters. The Morgan fingerprint density at radius 3 is 3.00 bits per heavy atom. The number of hydrogen-bond acceptors (Lipinski definition) is 3. The lowest BCUT2D eigenvalue weighted by molar-refractivity contribution is 0.337. The van der Waals surface area contributed by atoms with E-state index in [0.717, 1.165) is 13.1 Å². The molecule has 0 aliphatic rings. The molecule has 1 rings (SSSR count). The van der Waals surface area contributed by atoms with Gasteiger partial charge in [0.15, 0.2) is 0 Å². The number of thiophene rings is 1. The van der Waals surface area contributed by atoms with Gasteiger partial charge in [0.1, 0.15) is 0 Å². The summed E-state index contributed by atoms with van der Waals surface area (Å²) in [6.45, 7) is 1.79. The monoisotopic (exact) mass is 197 g/mol. The molecule has 4 heteroatoms. The summed E-state index contributed by atoms with van der Waals surface area (Å²) in [7, 11) is 2.04. The van der Waals surface area contributed by atoms with E-state index < -0.39 is 0 Å². The van der Waals surface area contributed by atoms with Gasteiger partial charge < -0.3 is 10.6 Å².